The first-order valence-electron chi connectivity index (χ1n) is 11.7. The highest BCUT2D eigenvalue weighted by atomic mass is 79.9. The van der Waals surface area contributed by atoms with Gasteiger partial charge in [0.1, 0.15) is 16.2 Å². The predicted octanol–water partition coefficient (Wildman–Crippen LogP) is 4.83. The number of carboxylic acids is 1. The van der Waals surface area contributed by atoms with Gasteiger partial charge >= 0.3 is 5.97 Å². The van der Waals surface area contributed by atoms with E-state index in [4.69, 9.17) is 4.74 Å². The number of methoxy groups -OCH3 is 1. The summed E-state index contributed by atoms with van der Waals surface area (Å²) in [5.41, 5.74) is 2.88. The fraction of sp³-hybridized carbons (Fsp3) is 0.333. The summed E-state index contributed by atoms with van der Waals surface area (Å²) in [6.45, 7) is 0.0832. The Morgan fingerprint density at radius 3 is 2.60 bits per heavy atom. The van der Waals surface area contributed by atoms with Gasteiger partial charge in [-0.15, -0.1) is 5.10 Å². The van der Waals surface area contributed by atoms with Gasteiger partial charge in [0.05, 0.1) is 30.4 Å². The standard InChI is InChI=1S/C25H25BrN6O5S.2CH4/c1-30-14-21(28-29-30)18-11-19(18)24-20(25(33)34)12-27-32(24)17-6-4-5-15(9-17)13-31(2)38(35,36)23-10-16(26)7-8-22(23)37-3;;/h4-10,12,14,18-19H,11,13H2,1-3H3,(H,33,34);2*1H4/t18-,19-;;/m1../s1. The smallest absolute Gasteiger partial charge is 0.339 e. The lowest BCUT2D eigenvalue weighted by atomic mass is 10.1. The summed E-state index contributed by atoms with van der Waals surface area (Å²) in [6, 6.07) is 12.1. The van der Waals surface area contributed by atoms with Gasteiger partial charge in [0.15, 0.2) is 0 Å². The molecule has 2 atom stereocenters. The molecular formula is C27H33BrN6O5S. The molecule has 1 N–H and O–H groups in total. The molecule has 4 aromatic rings. The summed E-state index contributed by atoms with van der Waals surface area (Å²) >= 11 is 3.33. The minimum Gasteiger partial charge on any atom is -0.495 e. The van der Waals surface area contributed by atoms with Crippen molar-refractivity contribution in [3.8, 4) is 11.4 Å². The van der Waals surface area contributed by atoms with E-state index >= 15 is 0 Å². The van der Waals surface area contributed by atoms with E-state index in [1.807, 2.05) is 24.4 Å². The highest BCUT2D eigenvalue weighted by Gasteiger charge is 2.46. The van der Waals surface area contributed by atoms with E-state index in [2.05, 4.69) is 31.3 Å². The fourth-order valence-corrected chi connectivity index (χ4v) is 6.44. The molecule has 0 radical (unpaired) electrons. The van der Waals surface area contributed by atoms with E-state index in [0.29, 0.717) is 21.4 Å². The van der Waals surface area contributed by atoms with Crippen LogP contribution < -0.4 is 4.74 Å². The molecule has 13 heteroatoms. The third-order valence-corrected chi connectivity index (χ3v) is 8.87. The molecule has 11 nitrogen and oxygen atoms in total. The Balaban J connectivity index is 0.00000220. The Kier molecular flexibility index (Phi) is 9.22. The van der Waals surface area contributed by atoms with Crippen LogP contribution in [0.2, 0.25) is 0 Å². The summed E-state index contributed by atoms with van der Waals surface area (Å²) in [5, 5.41) is 22.4. The van der Waals surface area contributed by atoms with Gasteiger partial charge in [-0.25, -0.2) is 17.9 Å². The summed E-state index contributed by atoms with van der Waals surface area (Å²) in [7, 11) is 0.841. The first-order valence-corrected chi connectivity index (χ1v) is 13.9. The minimum absolute atomic E-state index is 0. The molecule has 1 aliphatic carbocycles. The summed E-state index contributed by atoms with van der Waals surface area (Å²) in [6.07, 6.45) is 3.93. The number of aromatic carboxylic acids is 1. The summed E-state index contributed by atoms with van der Waals surface area (Å²) < 4.78 is 37.1. The van der Waals surface area contributed by atoms with Gasteiger partial charge in [-0.2, -0.15) is 9.40 Å². The van der Waals surface area contributed by atoms with E-state index in [0.717, 1.165) is 12.1 Å². The number of aromatic nitrogens is 5. The molecule has 0 bridgehead atoms. The van der Waals surface area contributed by atoms with Gasteiger partial charge in [-0.1, -0.05) is 48.1 Å². The molecule has 5 rings (SSSR count). The zero-order valence-corrected chi connectivity index (χ0v) is 23.2. The summed E-state index contributed by atoms with van der Waals surface area (Å²) in [4.78, 5) is 12.1. The number of halogens is 1. The van der Waals surface area contributed by atoms with Gasteiger partial charge in [0.2, 0.25) is 10.0 Å². The van der Waals surface area contributed by atoms with Crippen molar-refractivity contribution in [3.63, 3.8) is 0 Å². The van der Waals surface area contributed by atoms with E-state index < -0.39 is 16.0 Å². The maximum atomic E-state index is 13.4. The van der Waals surface area contributed by atoms with E-state index in [9.17, 15) is 18.3 Å². The number of carbonyl (C=O) groups is 1. The van der Waals surface area contributed by atoms with E-state index in [1.54, 1.807) is 34.6 Å². The molecule has 1 aliphatic rings. The summed E-state index contributed by atoms with van der Waals surface area (Å²) in [5.74, 6) is -0.827. The van der Waals surface area contributed by atoms with Crippen molar-refractivity contribution < 1.29 is 23.1 Å². The van der Waals surface area contributed by atoms with Gasteiger partial charge in [-0.3, -0.25) is 4.68 Å². The molecule has 214 valence electrons. The highest BCUT2D eigenvalue weighted by Crippen LogP contribution is 2.55. The zero-order valence-electron chi connectivity index (χ0n) is 20.8. The predicted molar refractivity (Wildman–Crippen MR) is 154 cm³/mol. The number of ether oxygens (including phenoxy) is 1. The molecule has 40 heavy (non-hydrogen) atoms. The van der Waals surface area contributed by atoms with Crippen LogP contribution in [0, 0.1) is 0 Å². The number of benzene rings is 2. The molecule has 2 aromatic heterocycles. The number of aryl methyl sites for hydroxylation is 1. The molecule has 1 saturated carbocycles. The normalized spacial score (nSPS) is 16.2. The van der Waals surface area contributed by atoms with Crippen LogP contribution in [-0.2, 0) is 23.6 Å². The first-order chi connectivity index (χ1) is 18.1. The second kappa shape index (κ2) is 11.9. The first kappa shape index (κ1) is 31.0. The van der Waals surface area contributed by atoms with Crippen molar-refractivity contribution in [1.29, 1.82) is 0 Å². The van der Waals surface area contributed by atoms with Crippen LogP contribution in [0.4, 0.5) is 0 Å². The Hall–Kier alpha value is -3.55. The topological polar surface area (TPSA) is 132 Å². The van der Waals surface area contributed by atoms with Crippen molar-refractivity contribution in [3.05, 3.63) is 81.8 Å². The molecular weight excluding hydrogens is 600 g/mol. The number of nitrogens with zero attached hydrogens (tertiary/aromatic N) is 6. The number of hydrogen-bond acceptors (Lipinski definition) is 7. The lowest BCUT2D eigenvalue weighted by molar-refractivity contribution is 0.0695. The molecule has 0 aliphatic heterocycles. The largest absolute Gasteiger partial charge is 0.495 e. The molecule has 0 saturated heterocycles. The monoisotopic (exact) mass is 632 g/mol. The Labute approximate surface area is 242 Å². The molecule has 2 heterocycles. The number of carboxylic acid groups (broad SMARTS) is 1. The molecule has 0 unspecified atom stereocenters. The molecule has 0 spiro atoms. The van der Waals surface area contributed by atoms with Crippen LogP contribution in [0.15, 0.2) is 64.2 Å². The maximum Gasteiger partial charge on any atom is 0.339 e. The van der Waals surface area contributed by atoms with Gasteiger partial charge in [0, 0.05) is 43.1 Å². The number of sulfonamides is 1. The molecule has 1 fully saturated rings. The van der Waals surface area contributed by atoms with Crippen molar-refractivity contribution >= 4 is 31.9 Å². The lowest BCUT2D eigenvalue weighted by Gasteiger charge is -2.19. The lowest BCUT2D eigenvalue weighted by Crippen LogP contribution is -2.27. The van der Waals surface area contributed by atoms with Crippen LogP contribution in [0.25, 0.3) is 5.69 Å². The van der Waals surface area contributed by atoms with Crippen LogP contribution in [0.3, 0.4) is 0 Å². The second-order valence-corrected chi connectivity index (χ2v) is 12.1. The van der Waals surface area contributed by atoms with Crippen molar-refractivity contribution in [1.82, 2.24) is 29.1 Å². The van der Waals surface area contributed by atoms with Crippen LogP contribution >= 0.6 is 15.9 Å². The van der Waals surface area contributed by atoms with Crippen LogP contribution in [0.5, 0.6) is 5.75 Å². The second-order valence-electron chi connectivity index (χ2n) is 9.15. The molecule has 0 amide bonds. The van der Waals surface area contributed by atoms with E-state index in [1.165, 1.54) is 30.7 Å². The third-order valence-electron chi connectivity index (χ3n) is 6.55. The SMILES string of the molecule is C.C.COc1ccc(Br)cc1S(=O)(=O)N(C)Cc1cccc(-n2ncc(C(=O)O)c2[C@@H]2C[C@H]2c2cn(C)nn2)c1. The number of rotatable bonds is 9. The zero-order chi connectivity index (χ0) is 27.2. The van der Waals surface area contributed by atoms with Crippen LogP contribution in [0.1, 0.15) is 60.4 Å². The van der Waals surface area contributed by atoms with Crippen LogP contribution in [-0.4, -0.2) is 62.7 Å². The fourth-order valence-electron chi connectivity index (χ4n) is 4.59. The van der Waals surface area contributed by atoms with Crippen molar-refractivity contribution in [2.45, 2.75) is 44.6 Å². The Bertz CT molecular complexity index is 1630. The van der Waals surface area contributed by atoms with E-state index in [-0.39, 0.29) is 49.4 Å². The Morgan fingerprint density at radius 1 is 1.20 bits per heavy atom. The quantitative estimate of drug-likeness (QED) is 0.277. The average Bonchev–Trinajstić information content (AvgIpc) is 3.33. The van der Waals surface area contributed by atoms with Gasteiger partial charge in [0.25, 0.3) is 0 Å². The number of hydrogen-bond donors (Lipinski definition) is 1. The third kappa shape index (κ3) is 5.81. The van der Waals surface area contributed by atoms with Crippen molar-refractivity contribution in [2.24, 2.45) is 7.05 Å². The minimum atomic E-state index is -3.87. The maximum absolute atomic E-state index is 13.4. The van der Waals surface area contributed by atoms with Gasteiger partial charge in [-0.05, 0) is 42.3 Å². The average molecular weight is 634 g/mol. The highest BCUT2D eigenvalue weighted by molar-refractivity contribution is 9.10. The van der Waals surface area contributed by atoms with Gasteiger partial charge < -0.3 is 9.84 Å². The molecule has 2 aromatic carbocycles. The van der Waals surface area contributed by atoms with Crippen molar-refractivity contribution in [2.75, 3.05) is 14.2 Å². The Morgan fingerprint density at radius 2 is 1.95 bits per heavy atom.